The number of fused-ring (bicyclic) bond motifs is 2. The highest BCUT2D eigenvalue weighted by atomic mass is 35.5. The standard InChI is InChI=1S/C44H38ClF5N6O7/c45-32-9-7-27(46)20-30(32)37-36-31(41(61)55-37)17-24(18-33(36)53-40(60)23-15-26(44(48,49)50)19-28(47)16-23)39(59)52-13-5-3-1-2-4-12-51-38(58)22-6-8-29-25(14-22)21-56(43(29)63)34-10-11-35(57)54-42(34)62/h6-9,14-20,34,37H,1-5,10-13,21H2,(H,51,58)(H,52,59)(H,53,60)(H,55,61)(H,54,57,62)/t34?,37-/m1/s1. The van der Waals surface area contributed by atoms with Gasteiger partial charge >= 0.3 is 6.18 Å². The Morgan fingerprint density at radius 1 is 0.746 bits per heavy atom. The number of carbonyl (C=O) groups is 7. The Morgan fingerprint density at radius 3 is 2.13 bits per heavy atom. The van der Waals surface area contributed by atoms with E-state index in [1.165, 1.54) is 23.1 Å². The third kappa shape index (κ3) is 9.85. The minimum atomic E-state index is -4.97. The smallest absolute Gasteiger partial charge is 0.352 e. The van der Waals surface area contributed by atoms with Gasteiger partial charge in [0, 0.05) is 75.7 Å². The maximum Gasteiger partial charge on any atom is 0.416 e. The second-order valence-corrected chi connectivity index (χ2v) is 15.7. The number of alkyl halides is 3. The van der Waals surface area contributed by atoms with Gasteiger partial charge in [-0.3, -0.25) is 38.9 Å². The predicted molar refractivity (Wildman–Crippen MR) is 217 cm³/mol. The fourth-order valence-corrected chi connectivity index (χ4v) is 8.05. The van der Waals surface area contributed by atoms with Crippen LogP contribution in [-0.4, -0.2) is 65.4 Å². The van der Waals surface area contributed by atoms with Gasteiger partial charge in [0.2, 0.25) is 11.8 Å². The van der Waals surface area contributed by atoms with E-state index in [9.17, 15) is 55.5 Å². The van der Waals surface area contributed by atoms with E-state index in [0.717, 1.165) is 25.0 Å². The van der Waals surface area contributed by atoms with Crippen molar-refractivity contribution >= 4 is 58.6 Å². The summed E-state index contributed by atoms with van der Waals surface area (Å²) in [5.74, 6) is -6.09. The normalized spacial score (nSPS) is 16.9. The summed E-state index contributed by atoms with van der Waals surface area (Å²) in [6.07, 6.45) is -1.17. The number of hydrogen-bond donors (Lipinski definition) is 5. The topological polar surface area (TPSA) is 183 Å². The molecule has 2 atom stereocenters. The summed E-state index contributed by atoms with van der Waals surface area (Å²) in [7, 11) is 0. The van der Waals surface area contributed by atoms with Crippen LogP contribution < -0.4 is 26.6 Å². The van der Waals surface area contributed by atoms with Crippen LogP contribution in [0.2, 0.25) is 5.02 Å². The lowest BCUT2D eigenvalue weighted by molar-refractivity contribution is -0.138. The van der Waals surface area contributed by atoms with Crippen LogP contribution in [0.15, 0.2) is 66.7 Å². The molecule has 4 aromatic carbocycles. The Kier molecular flexibility index (Phi) is 12.9. The quantitative estimate of drug-likeness (QED) is 0.0538. The van der Waals surface area contributed by atoms with Crippen molar-refractivity contribution in [3.63, 3.8) is 0 Å². The Morgan fingerprint density at radius 2 is 1.43 bits per heavy atom. The van der Waals surface area contributed by atoms with Gasteiger partial charge in [-0.15, -0.1) is 0 Å². The Labute approximate surface area is 361 Å². The van der Waals surface area contributed by atoms with Crippen molar-refractivity contribution in [3.8, 4) is 0 Å². The van der Waals surface area contributed by atoms with Gasteiger partial charge in [0.15, 0.2) is 0 Å². The SMILES string of the molecule is O=C1CCC(N2Cc3cc(C(=O)NCCCCCCCNC(=O)c4cc(NC(=O)c5cc(F)cc(C(F)(F)F)c5)c5c(c4)C(=O)N[C@@H]5c4cc(F)ccc4Cl)ccc3C2=O)C(=O)N1. The molecule has 3 aliphatic heterocycles. The molecule has 3 aliphatic rings. The summed E-state index contributed by atoms with van der Waals surface area (Å²) >= 11 is 6.35. The summed E-state index contributed by atoms with van der Waals surface area (Å²) in [5, 5.41) is 13.0. The molecule has 13 nitrogen and oxygen atoms in total. The molecule has 19 heteroatoms. The number of hydrogen-bond acceptors (Lipinski definition) is 7. The molecular weight excluding hydrogens is 855 g/mol. The zero-order valence-corrected chi connectivity index (χ0v) is 33.9. The highest BCUT2D eigenvalue weighted by Crippen LogP contribution is 2.40. The Bertz CT molecular complexity index is 2570. The molecule has 1 saturated heterocycles. The number of unbranched alkanes of at least 4 members (excludes halogenated alkanes) is 4. The number of anilines is 1. The summed E-state index contributed by atoms with van der Waals surface area (Å²) in [6.45, 7) is 0.747. The first-order valence-corrected chi connectivity index (χ1v) is 20.3. The number of rotatable bonds is 14. The van der Waals surface area contributed by atoms with Crippen LogP contribution in [0.4, 0.5) is 27.6 Å². The molecule has 5 N–H and O–H groups in total. The third-order valence-electron chi connectivity index (χ3n) is 11.0. The van der Waals surface area contributed by atoms with E-state index in [0.29, 0.717) is 54.6 Å². The third-order valence-corrected chi connectivity index (χ3v) is 11.3. The van der Waals surface area contributed by atoms with Gasteiger partial charge in [0.05, 0.1) is 11.6 Å². The first-order chi connectivity index (χ1) is 30.0. The summed E-state index contributed by atoms with van der Waals surface area (Å²) < 4.78 is 68.9. The number of carbonyl (C=O) groups excluding carboxylic acids is 7. The van der Waals surface area contributed by atoms with Gasteiger partial charge in [-0.25, -0.2) is 8.78 Å². The second-order valence-electron chi connectivity index (χ2n) is 15.3. The summed E-state index contributed by atoms with van der Waals surface area (Å²) in [6, 6.07) is 10.0. The molecule has 328 valence electrons. The number of nitrogens with one attached hydrogen (secondary N) is 5. The van der Waals surface area contributed by atoms with Crippen molar-refractivity contribution in [1.82, 2.24) is 26.2 Å². The molecule has 4 aromatic rings. The van der Waals surface area contributed by atoms with Crippen molar-refractivity contribution in [2.24, 2.45) is 0 Å². The highest BCUT2D eigenvalue weighted by Gasteiger charge is 2.40. The molecule has 0 aliphatic carbocycles. The molecule has 0 saturated carbocycles. The van der Waals surface area contributed by atoms with Crippen molar-refractivity contribution < 1.29 is 55.5 Å². The Balaban J connectivity index is 0.918. The molecule has 0 aromatic heterocycles. The van der Waals surface area contributed by atoms with Crippen LogP contribution in [0.25, 0.3) is 0 Å². The minimum Gasteiger partial charge on any atom is -0.352 e. The number of nitrogens with zero attached hydrogens (tertiary/aromatic N) is 1. The van der Waals surface area contributed by atoms with E-state index in [4.69, 9.17) is 11.6 Å². The maximum absolute atomic E-state index is 14.3. The van der Waals surface area contributed by atoms with E-state index in [2.05, 4.69) is 26.6 Å². The minimum absolute atomic E-state index is 0.0516. The largest absolute Gasteiger partial charge is 0.416 e. The predicted octanol–water partition coefficient (Wildman–Crippen LogP) is 6.59. The van der Waals surface area contributed by atoms with Crippen molar-refractivity contribution in [3.05, 3.63) is 133 Å². The summed E-state index contributed by atoms with van der Waals surface area (Å²) in [5.41, 5.74) is -0.915. The van der Waals surface area contributed by atoms with Gasteiger partial charge in [-0.05, 0) is 91.6 Å². The average Bonchev–Trinajstić information content (AvgIpc) is 3.75. The zero-order valence-electron chi connectivity index (χ0n) is 33.1. The summed E-state index contributed by atoms with van der Waals surface area (Å²) in [4.78, 5) is 91.0. The van der Waals surface area contributed by atoms with Crippen LogP contribution >= 0.6 is 11.6 Å². The van der Waals surface area contributed by atoms with Gasteiger partial charge in [-0.1, -0.05) is 30.9 Å². The lowest BCUT2D eigenvalue weighted by atomic mass is 9.94. The van der Waals surface area contributed by atoms with Crippen molar-refractivity contribution in [1.29, 1.82) is 0 Å². The second kappa shape index (κ2) is 18.3. The molecule has 0 radical (unpaired) electrons. The molecular formula is C44H38ClF5N6O7. The number of amides is 7. The van der Waals surface area contributed by atoms with Gasteiger partial charge < -0.3 is 26.2 Å². The molecule has 1 unspecified atom stereocenters. The molecule has 0 bridgehead atoms. The lowest BCUT2D eigenvalue weighted by Crippen LogP contribution is -2.52. The number of benzene rings is 4. The van der Waals surface area contributed by atoms with E-state index in [1.807, 2.05) is 0 Å². The molecule has 7 amide bonds. The number of halogens is 6. The van der Waals surface area contributed by atoms with E-state index < -0.39 is 64.7 Å². The maximum atomic E-state index is 14.3. The zero-order chi connectivity index (χ0) is 45.2. The monoisotopic (exact) mass is 892 g/mol. The fourth-order valence-electron chi connectivity index (χ4n) is 7.82. The van der Waals surface area contributed by atoms with Crippen LogP contribution in [0, 0.1) is 11.6 Å². The lowest BCUT2D eigenvalue weighted by Gasteiger charge is -2.29. The molecule has 63 heavy (non-hydrogen) atoms. The van der Waals surface area contributed by atoms with Gasteiger partial charge in [-0.2, -0.15) is 13.2 Å². The van der Waals surface area contributed by atoms with E-state index in [-0.39, 0.29) is 82.7 Å². The fraction of sp³-hybridized carbons (Fsp3) is 0.295. The molecule has 7 rings (SSSR count). The molecule has 1 fully saturated rings. The van der Waals surface area contributed by atoms with Crippen molar-refractivity contribution in [2.75, 3.05) is 18.4 Å². The Hall–Kier alpha value is -6.69. The number of piperidine rings is 1. The average molecular weight is 893 g/mol. The molecule has 3 heterocycles. The van der Waals surface area contributed by atoms with Crippen LogP contribution in [0.3, 0.4) is 0 Å². The van der Waals surface area contributed by atoms with Crippen LogP contribution in [-0.2, 0) is 22.3 Å². The van der Waals surface area contributed by atoms with Crippen LogP contribution in [0.1, 0.15) is 125 Å². The first kappa shape index (κ1) is 44.4. The van der Waals surface area contributed by atoms with E-state index >= 15 is 0 Å². The van der Waals surface area contributed by atoms with Crippen LogP contribution in [0.5, 0.6) is 0 Å². The van der Waals surface area contributed by atoms with E-state index in [1.54, 1.807) is 18.2 Å². The first-order valence-electron chi connectivity index (χ1n) is 20.0. The molecule has 0 spiro atoms. The van der Waals surface area contributed by atoms with Gasteiger partial charge in [0.1, 0.15) is 17.7 Å². The van der Waals surface area contributed by atoms with Crippen molar-refractivity contribution in [2.45, 2.75) is 69.8 Å². The number of imide groups is 1. The highest BCUT2D eigenvalue weighted by molar-refractivity contribution is 6.31. The van der Waals surface area contributed by atoms with Gasteiger partial charge in [0.25, 0.3) is 29.5 Å².